The van der Waals surface area contributed by atoms with E-state index >= 15 is 0 Å². The lowest BCUT2D eigenvalue weighted by Gasteiger charge is -2.29. The number of ether oxygens (including phenoxy) is 1. The van der Waals surface area contributed by atoms with Crippen LogP contribution in [-0.2, 0) is 9.57 Å². The van der Waals surface area contributed by atoms with E-state index in [1.807, 2.05) is 0 Å². The van der Waals surface area contributed by atoms with E-state index in [4.69, 9.17) is 9.57 Å². The predicted molar refractivity (Wildman–Crippen MR) is 102 cm³/mol. The second-order valence-corrected chi connectivity index (χ2v) is 7.66. The molecule has 2 aliphatic heterocycles. The third-order valence-electron chi connectivity index (χ3n) is 4.24. The molecule has 1 aromatic carbocycles. The van der Waals surface area contributed by atoms with Crippen LogP contribution in [0.1, 0.15) is 0 Å². The number of benzene rings is 1. The summed E-state index contributed by atoms with van der Waals surface area (Å²) in [7, 11) is 1.37. The number of hydrogen-bond donors (Lipinski definition) is 1. The molecule has 2 amide bonds. The van der Waals surface area contributed by atoms with Crippen molar-refractivity contribution in [3.05, 3.63) is 23.8 Å². The topological polar surface area (TPSA) is 62.3 Å². The first-order valence-corrected chi connectivity index (χ1v) is 9.86. The zero-order chi connectivity index (χ0) is 19.6. The number of hydrogen-bond acceptors (Lipinski definition) is 6. The van der Waals surface area contributed by atoms with Gasteiger partial charge in [-0.2, -0.15) is 11.8 Å². The van der Waals surface area contributed by atoms with Crippen molar-refractivity contribution in [1.82, 2.24) is 5.06 Å². The zero-order valence-electron chi connectivity index (χ0n) is 14.6. The van der Waals surface area contributed by atoms with Gasteiger partial charge in [-0.15, -0.1) is 0 Å². The van der Waals surface area contributed by atoms with Gasteiger partial charge in [0, 0.05) is 43.8 Å². The van der Waals surface area contributed by atoms with Crippen molar-refractivity contribution < 1.29 is 27.9 Å². The van der Waals surface area contributed by atoms with Crippen molar-refractivity contribution >= 4 is 47.1 Å². The summed E-state index contributed by atoms with van der Waals surface area (Å²) in [6, 6.07) is 2.27. The standard InChI is InChI=1S/C16H19F2N3O4S2/c1-19(16(23)26)24-9-11-8-21(15(22)25-11)10-6-12(17)14(13(18)7-10)20-2-4-27-5-3-20/h6-7,11H,2-5,8-9H2,1H3,(H,23,26)/t11-/m0/s1. The van der Waals surface area contributed by atoms with E-state index in [0.29, 0.717) is 13.1 Å². The van der Waals surface area contributed by atoms with Gasteiger partial charge < -0.3 is 9.64 Å². The minimum Gasteiger partial charge on any atom is -0.441 e. The smallest absolute Gasteiger partial charge is 0.414 e. The molecule has 0 aromatic heterocycles. The fourth-order valence-corrected chi connectivity index (χ4v) is 3.83. The Labute approximate surface area is 164 Å². The van der Waals surface area contributed by atoms with Gasteiger partial charge in [0.15, 0.2) is 11.6 Å². The molecule has 0 aliphatic carbocycles. The lowest BCUT2D eigenvalue weighted by Crippen LogP contribution is -2.34. The van der Waals surface area contributed by atoms with Crippen LogP contribution in [0.3, 0.4) is 0 Å². The Hall–Kier alpha value is -1.72. The summed E-state index contributed by atoms with van der Waals surface area (Å²) >= 11 is 5.33. The summed E-state index contributed by atoms with van der Waals surface area (Å²) in [5.74, 6) is 0.183. The average molecular weight is 419 g/mol. The molecular formula is C16H19F2N3O4S2. The molecule has 7 nitrogen and oxygen atoms in total. The molecular weight excluding hydrogens is 400 g/mol. The van der Waals surface area contributed by atoms with Crippen LogP contribution in [0.15, 0.2) is 12.1 Å². The Morgan fingerprint density at radius 2 is 2.00 bits per heavy atom. The highest BCUT2D eigenvalue weighted by atomic mass is 32.2. The maximum Gasteiger partial charge on any atom is 0.414 e. The van der Waals surface area contributed by atoms with Crippen molar-refractivity contribution in [2.45, 2.75) is 6.10 Å². The van der Waals surface area contributed by atoms with E-state index in [-0.39, 0.29) is 24.5 Å². The van der Waals surface area contributed by atoms with E-state index in [1.54, 1.807) is 16.7 Å². The molecule has 2 aliphatic rings. The summed E-state index contributed by atoms with van der Waals surface area (Å²) < 4.78 is 34.3. The first kappa shape index (κ1) is 20.0. The van der Waals surface area contributed by atoms with Crippen molar-refractivity contribution in [3.8, 4) is 0 Å². The van der Waals surface area contributed by atoms with Gasteiger partial charge >= 0.3 is 11.3 Å². The Kier molecular flexibility index (Phi) is 6.33. The quantitative estimate of drug-likeness (QED) is 0.585. The maximum atomic E-state index is 14.6. The van der Waals surface area contributed by atoms with Gasteiger partial charge in [-0.3, -0.25) is 14.5 Å². The molecule has 3 rings (SSSR count). The van der Waals surface area contributed by atoms with Gasteiger partial charge in [-0.1, -0.05) is 12.6 Å². The zero-order valence-corrected chi connectivity index (χ0v) is 16.3. The van der Waals surface area contributed by atoms with Gasteiger partial charge in [0.05, 0.1) is 12.2 Å². The second-order valence-electron chi connectivity index (χ2n) is 6.05. The number of thioether (sulfide) groups is 1. The number of carbonyl (C=O) groups is 2. The molecule has 11 heteroatoms. The Morgan fingerprint density at radius 1 is 1.37 bits per heavy atom. The second kappa shape index (κ2) is 8.53. The highest BCUT2D eigenvalue weighted by Gasteiger charge is 2.34. The molecule has 0 saturated carbocycles. The van der Waals surface area contributed by atoms with Crippen LogP contribution < -0.4 is 9.80 Å². The molecule has 27 heavy (non-hydrogen) atoms. The number of cyclic esters (lactones) is 1. The molecule has 1 atom stereocenters. The highest BCUT2D eigenvalue weighted by Crippen LogP contribution is 2.32. The van der Waals surface area contributed by atoms with E-state index in [9.17, 15) is 18.4 Å². The minimum atomic E-state index is -0.732. The van der Waals surface area contributed by atoms with Crippen LogP contribution in [0.2, 0.25) is 0 Å². The van der Waals surface area contributed by atoms with E-state index in [0.717, 1.165) is 33.6 Å². The normalized spacial score (nSPS) is 20.0. The summed E-state index contributed by atoms with van der Waals surface area (Å²) in [5.41, 5.74) is 0.00618. The van der Waals surface area contributed by atoms with Crippen LogP contribution in [-0.4, -0.2) is 67.3 Å². The van der Waals surface area contributed by atoms with Crippen LogP contribution in [0.4, 0.5) is 29.7 Å². The van der Waals surface area contributed by atoms with E-state index < -0.39 is 29.1 Å². The number of rotatable bonds is 5. The summed E-state index contributed by atoms with van der Waals surface area (Å²) in [5, 5.41) is 0.289. The third kappa shape index (κ3) is 4.58. The Balaban J connectivity index is 1.70. The van der Waals surface area contributed by atoms with Crippen molar-refractivity contribution in [1.29, 1.82) is 0 Å². The number of hydroxylamine groups is 2. The van der Waals surface area contributed by atoms with Gasteiger partial charge in [0.2, 0.25) is 0 Å². The largest absolute Gasteiger partial charge is 0.441 e. The number of nitrogens with zero attached hydrogens (tertiary/aromatic N) is 3. The molecule has 0 N–H and O–H groups in total. The monoisotopic (exact) mass is 419 g/mol. The lowest BCUT2D eigenvalue weighted by atomic mass is 10.2. The average Bonchev–Trinajstić information content (AvgIpc) is 3.00. The highest BCUT2D eigenvalue weighted by molar-refractivity contribution is 7.99. The van der Waals surface area contributed by atoms with Crippen LogP contribution >= 0.6 is 24.4 Å². The predicted octanol–water partition coefficient (Wildman–Crippen LogP) is 2.76. The summed E-state index contributed by atoms with van der Waals surface area (Å²) in [6.07, 6.45) is -1.41. The van der Waals surface area contributed by atoms with Crippen LogP contribution in [0, 0.1) is 11.6 Å². The number of halogens is 2. The molecule has 2 fully saturated rings. The first-order chi connectivity index (χ1) is 12.9. The molecule has 2 saturated heterocycles. The SMILES string of the molecule is CN(OC[C@@H]1CN(c2cc(F)c(N3CCSCC3)c(F)c2)C(=O)O1)C(=O)S. The van der Waals surface area contributed by atoms with Crippen molar-refractivity contribution in [2.24, 2.45) is 0 Å². The van der Waals surface area contributed by atoms with Crippen molar-refractivity contribution in [3.63, 3.8) is 0 Å². The molecule has 0 unspecified atom stereocenters. The molecule has 0 radical (unpaired) electrons. The van der Waals surface area contributed by atoms with Gasteiger partial charge in [-0.05, 0) is 0 Å². The lowest BCUT2D eigenvalue weighted by molar-refractivity contribution is -0.113. The van der Waals surface area contributed by atoms with Crippen LogP contribution in [0.25, 0.3) is 0 Å². The summed E-state index contributed by atoms with van der Waals surface area (Å²) in [6.45, 7) is 1.10. The summed E-state index contributed by atoms with van der Waals surface area (Å²) in [4.78, 5) is 31.0. The van der Waals surface area contributed by atoms with Crippen molar-refractivity contribution in [2.75, 3.05) is 54.6 Å². The molecule has 1 aromatic rings. The Morgan fingerprint density at radius 3 is 2.59 bits per heavy atom. The molecule has 2 heterocycles. The van der Waals surface area contributed by atoms with Crippen LogP contribution in [0.5, 0.6) is 0 Å². The minimum absolute atomic E-state index is 0.0476. The maximum absolute atomic E-state index is 14.6. The molecule has 0 bridgehead atoms. The fraction of sp³-hybridized carbons (Fsp3) is 0.500. The number of carbonyl (C=O) groups excluding carboxylic acids is 2. The van der Waals surface area contributed by atoms with Gasteiger partial charge in [-0.25, -0.2) is 18.6 Å². The van der Waals surface area contributed by atoms with E-state index in [2.05, 4.69) is 12.6 Å². The first-order valence-electron chi connectivity index (χ1n) is 8.26. The van der Waals surface area contributed by atoms with Gasteiger partial charge in [0.25, 0.3) is 0 Å². The number of amides is 2. The Bertz CT molecular complexity index is 711. The fourth-order valence-electron chi connectivity index (χ4n) is 2.87. The molecule has 0 spiro atoms. The third-order valence-corrected chi connectivity index (χ3v) is 5.46. The van der Waals surface area contributed by atoms with Gasteiger partial charge in [0.1, 0.15) is 18.4 Å². The van der Waals surface area contributed by atoms with E-state index in [1.165, 1.54) is 7.05 Å². The number of thiol groups is 1. The number of anilines is 2. The molecule has 148 valence electrons.